The van der Waals surface area contributed by atoms with Gasteiger partial charge in [0.15, 0.2) is 5.82 Å². The molecule has 18 heavy (non-hydrogen) atoms. The van der Waals surface area contributed by atoms with Crippen molar-refractivity contribution in [3.8, 4) is 11.5 Å². The summed E-state index contributed by atoms with van der Waals surface area (Å²) < 4.78 is 0. The van der Waals surface area contributed by atoms with Gasteiger partial charge in [0.1, 0.15) is 5.69 Å². The van der Waals surface area contributed by atoms with Gasteiger partial charge in [-0.05, 0) is 39.4 Å². The summed E-state index contributed by atoms with van der Waals surface area (Å²) in [5, 5.41) is 3.14. The van der Waals surface area contributed by atoms with E-state index in [4.69, 9.17) is 0 Å². The molecule has 0 radical (unpaired) electrons. The minimum atomic E-state index is 0.645. The zero-order valence-electron chi connectivity index (χ0n) is 10.9. The average molecular weight is 243 g/mol. The predicted octanol–water partition coefficient (Wildman–Crippen LogP) is 1.31. The molecule has 2 aromatic rings. The molecule has 0 aliphatic carbocycles. The van der Waals surface area contributed by atoms with Crippen molar-refractivity contribution in [1.82, 2.24) is 25.3 Å². The summed E-state index contributed by atoms with van der Waals surface area (Å²) in [6, 6.07) is 0. The molecule has 0 unspecified atom stereocenters. The van der Waals surface area contributed by atoms with Gasteiger partial charge in [-0.2, -0.15) is 0 Å². The highest BCUT2D eigenvalue weighted by atomic mass is 14.9. The number of rotatable bonds is 4. The van der Waals surface area contributed by atoms with Crippen LogP contribution in [0.3, 0.4) is 0 Å². The maximum Gasteiger partial charge on any atom is 0.180 e. The Kier molecular flexibility index (Phi) is 3.94. The summed E-state index contributed by atoms with van der Waals surface area (Å²) in [6.45, 7) is 4.95. The average Bonchev–Trinajstić information content (AvgIpc) is 2.39. The standard InChI is InChI=1S/C13H17N5/c1-9-11(4-5-14-3)10(2)18-13(17-9)12-8-15-6-7-16-12/h6-8,14H,4-5H2,1-3H3. The van der Waals surface area contributed by atoms with Gasteiger partial charge < -0.3 is 5.32 Å². The number of nitrogens with zero attached hydrogens (tertiary/aromatic N) is 4. The van der Waals surface area contributed by atoms with Crippen LogP contribution in [0.15, 0.2) is 18.6 Å². The lowest BCUT2D eigenvalue weighted by Gasteiger charge is -2.10. The van der Waals surface area contributed by atoms with Crippen molar-refractivity contribution in [1.29, 1.82) is 0 Å². The van der Waals surface area contributed by atoms with Crippen LogP contribution in [0.2, 0.25) is 0 Å². The molecule has 0 spiro atoms. The quantitative estimate of drug-likeness (QED) is 0.877. The van der Waals surface area contributed by atoms with Crippen LogP contribution in [0.25, 0.3) is 11.5 Å². The van der Waals surface area contributed by atoms with Crippen molar-refractivity contribution < 1.29 is 0 Å². The summed E-state index contributed by atoms with van der Waals surface area (Å²) in [7, 11) is 1.94. The molecule has 0 saturated heterocycles. The second-order valence-electron chi connectivity index (χ2n) is 4.14. The van der Waals surface area contributed by atoms with Crippen LogP contribution in [0, 0.1) is 13.8 Å². The lowest BCUT2D eigenvalue weighted by atomic mass is 10.1. The number of nitrogens with one attached hydrogen (secondary N) is 1. The molecule has 0 amide bonds. The van der Waals surface area contributed by atoms with E-state index in [0.29, 0.717) is 11.5 Å². The normalized spacial score (nSPS) is 10.6. The molecule has 0 atom stereocenters. The first-order chi connectivity index (χ1) is 8.72. The largest absolute Gasteiger partial charge is 0.319 e. The highest BCUT2D eigenvalue weighted by Crippen LogP contribution is 2.16. The van der Waals surface area contributed by atoms with Crippen molar-refractivity contribution >= 4 is 0 Å². The Bertz CT molecular complexity index is 501. The van der Waals surface area contributed by atoms with E-state index in [-0.39, 0.29) is 0 Å². The van der Waals surface area contributed by atoms with E-state index in [2.05, 4.69) is 25.3 Å². The molecule has 2 aromatic heterocycles. The van der Waals surface area contributed by atoms with Crippen molar-refractivity contribution in [2.24, 2.45) is 0 Å². The van der Waals surface area contributed by atoms with Crippen LogP contribution in [0.1, 0.15) is 17.0 Å². The monoisotopic (exact) mass is 243 g/mol. The molecule has 5 heteroatoms. The SMILES string of the molecule is CNCCc1c(C)nc(-c2cnccn2)nc1C. The second kappa shape index (κ2) is 5.64. The van der Waals surface area contributed by atoms with Crippen molar-refractivity contribution in [3.63, 3.8) is 0 Å². The zero-order valence-corrected chi connectivity index (χ0v) is 10.9. The van der Waals surface area contributed by atoms with E-state index < -0.39 is 0 Å². The lowest BCUT2D eigenvalue weighted by Crippen LogP contribution is -2.13. The first-order valence-electron chi connectivity index (χ1n) is 5.97. The van der Waals surface area contributed by atoms with Gasteiger partial charge in [0, 0.05) is 23.8 Å². The Morgan fingerprint density at radius 3 is 2.39 bits per heavy atom. The molecular weight excluding hydrogens is 226 g/mol. The van der Waals surface area contributed by atoms with Gasteiger partial charge in [0.25, 0.3) is 0 Å². The summed E-state index contributed by atoms with van der Waals surface area (Å²) in [4.78, 5) is 17.3. The van der Waals surface area contributed by atoms with Gasteiger partial charge in [-0.3, -0.25) is 4.98 Å². The van der Waals surface area contributed by atoms with Crippen LogP contribution in [0.5, 0.6) is 0 Å². The van der Waals surface area contributed by atoms with Gasteiger partial charge in [0.05, 0.1) is 6.20 Å². The highest BCUT2D eigenvalue weighted by Gasteiger charge is 2.10. The summed E-state index contributed by atoms with van der Waals surface area (Å²) >= 11 is 0. The van der Waals surface area contributed by atoms with Gasteiger partial charge in [0.2, 0.25) is 0 Å². The Morgan fingerprint density at radius 2 is 1.83 bits per heavy atom. The third-order valence-corrected chi connectivity index (χ3v) is 2.84. The third kappa shape index (κ3) is 2.68. The molecule has 0 aliphatic heterocycles. The fraction of sp³-hybridized carbons (Fsp3) is 0.385. The molecule has 0 fully saturated rings. The molecule has 0 bridgehead atoms. The fourth-order valence-electron chi connectivity index (χ4n) is 1.88. The minimum absolute atomic E-state index is 0.645. The molecule has 2 rings (SSSR count). The molecule has 0 saturated carbocycles. The van der Waals surface area contributed by atoms with E-state index in [1.807, 2.05) is 20.9 Å². The summed E-state index contributed by atoms with van der Waals surface area (Å²) in [5.41, 5.74) is 3.94. The van der Waals surface area contributed by atoms with Crippen LogP contribution in [-0.4, -0.2) is 33.5 Å². The first-order valence-corrected chi connectivity index (χ1v) is 5.97. The molecule has 94 valence electrons. The minimum Gasteiger partial charge on any atom is -0.319 e. The lowest BCUT2D eigenvalue weighted by molar-refractivity contribution is 0.774. The number of hydrogen-bond donors (Lipinski definition) is 1. The van der Waals surface area contributed by atoms with Crippen LogP contribution < -0.4 is 5.32 Å². The van der Waals surface area contributed by atoms with Gasteiger partial charge >= 0.3 is 0 Å². The van der Waals surface area contributed by atoms with Crippen LogP contribution >= 0.6 is 0 Å². The van der Waals surface area contributed by atoms with E-state index in [1.165, 1.54) is 5.56 Å². The fourth-order valence-corrected chi connectivity index (χ4v) is 1.88. The molecular formula is C13H17N5. The Balaban J connectivity index is 2.36. The number of aryl methyl sites for hydroxylation is 2. The van der Waals surface area contributed by atoms with Gasteiger partial charge in [-0.15, -0.1) is 0 Å². The number of likely N-dealkylation sites (N-methyl/N-ethyl adjacent to an activating group) is 1. The number of hydrogen-bond acceptors (Lipinski definition) is 5. The Labute approximate surface area is 107 Å². The van der Waals surface area contributed by atoms with E-state index in [1.54, 1.807) is 18.6 Å². The summed E-state index contributed by atoms with van der Waals surface area (Å²) in [6.07, 6.45) is 5.92. The van der Waals surface area contributed by atoms with Gasteiger partial charge in [-0.1, -0.05) is 0 Å². The van der Waals surface area contributed by atoms with E-state index >= 15 is 0 Å². The highest BCUT2D eigenvalue weighted by molar-refractivity contribution is 5.48. The van der Waals surface area contributed by atoms with Gasteiger partial charge in [-0.25, -0.2) is 15.0 Å². The second-order valence-corrected chi connectivity index (χ2v) is 4.14. The zero-order chi connectivity index (χ0) is 13.0. The van der Waals surface area contributed by atoms with Crippen molar-refractivity contribution in [3.05, 3.63) is 35.5 Å². The van der Waals surface area contributed by atoms with Crippen molar-refractivity contribution in [2.75, 3.05) is 13.6 Å². The Hall–Kier alpha value is -1.88. The topological polar surface area (TPSA) is 63.6 Å². The smallest absolute Gasteiger partial charge is 0.180 e. The maximum atomic E-state index is 4.52. The van der Waals surface area contributed by atoms with Crippen molar-refractivity contribution in [2.45, 2.75) is 20.3 Å². The van der Waals surface area contributed by atoms with E-state index in [9.17, 15) is 0 Å². The molecule has 0 aromatic carbocycles. The van der Waals surface area contributed by atoms with Crippen LogP contribution in [0.4, 0.5) is 0 Å². The maximum absolute atomic E-state index is 4.52. The molecule has 1 N–H and O–H groups in total. The molecule has 5 nitrogen and oxygen atoms in total. The molecule has 0 aliphatic rings. The molecule has 2 heterocycles. The number of aromatic nitrogens is 4. The summed E-state index contributed by atoms with van der Waals surface area (Å²) in [5.74, 6) is 0.645. The Morgan fingerprint density at radius 1 is 1.11 bits per heavy atom. The first kappa shape index (κ1) is 12.6. The third-order valence-electron chi connectivity index (χ3n) is 2.84. The van der Waals surface area contributed by atoms with Crippen LogP contribution in [-0.2, 0) is 6.42 Å². The predicted molar refractivity (Wildman–Crippen MR) is 70.2 cm³/mol. The van der Waals surface area contributed by atoms with E-state index in [0.717, 1.165) is 24.4 Å².